The van der Waals surface area contributed by atoms with Crippen LogP contribution in [-0.2, 0) is 14.7 Å². The summed E-state index contributed by atoms with van der Waals surface area (Å²) in [5, 5.41) is 3.80. The van der Waals surface area contributed by atoms with Crippen molar-refractivity contribution in [2.75, 3.05) is 11.4 Å². The molecule has 1 aromatic heterocycles. The van der Waals surface area contributed by atoms with Crippen molar-refractivity contribution < 1.29 is 73.4 Å². The van der Waals surface area contributed by atoms with Crippen LogP contribution in [0, 0.1) is 0 Å². The molecule has 1 aliphatic rings. The van der Waals surface area contributed by atoms with Crippen LogP contribution in [0.5, 0.6) is 0 Å². The van der Waals surface area contributed by atoms with Crippen molar-refractivity contribution in [2.24, 2.45) is 5.16 Å². The average molecular weight is 420 g/mol. The van der Waals surface area contributed by atoms with E-state index < -0.39 is 10.4 Å². The monoisotopic (exact) mass is 419 g/mol. The van der Waals surface area contributed by atoms with Crippen molar-refractivity contribution >= 4 is 39.3 Å². The zero-order chi connectivity index (χ0) is 18.0. The normalized spacial score (nSPS) is 15.2. The van der Waals surface area contributed by atoms with E-state index in [1.54, 1.807) is 36.4 Å². The molecule has 130 valence electrons. The van der Waals surface area contributed by atoms with Crippen molar-refractivity contribution in [1.29, 1.82) is 0 Å². The number of benzene rings is 1. The summed E-state index contributed by atoms with van der Waals surface area (Å²) < 4.78 is 35.8. The van der Waals surface area contributed by atoms with Crippen LogP contribution in [0.25, 0.3) is 0 Å². The van der Waals surface area contributed by atoms with Gasteiger partial charge in [-0.15, -0.1) is 0 Å². The number of anilines is 1. The number of fused-ring (bicyclic) bond motifs is 1. The number of pyridine rings is 1. The molecular weight excluding hydrogens is 409 g/mol. The van der Waals surface area contributed by atoms with Crippen LogP contribution in [0.15, 0.2) is 47.8 Å². The van der Waals surface area contributed by atoms with Crippen molar-refractivity contribution in [3.8, 4) is 0 Å². The number of halogens is 1. The molecule has 1 aliphatic heterocycles. The summed E-state index contributed by atoms with van der Waals surface area (Å²) in [4.78, 5) is 18.2. The predicted octanol–water partition coefficient (Wildman–Crippen LogP) is -1.03. The van der Waals surface area contributed by atoms with Crippen molar-refractivity contribution in [2.45, 2.75) is 6.42 Å². The Bertz CT molecular complexity index is 953. The SMILES string of the molecule is O=C(c1ccccn1)N1CC/C(=N/OS(=O)(=O)[O-])c2ccc(Cl)cc21.[K+]. The second kappa shape index (κ2) is 8.89. The van der Waals surface area contributed by atoms with Gasteiger partial charge in [-0.1, -0.05) is 22.8 Å². The smallest absolute Gasteiger partial charge is 0.714 e. The molecule has 3 rings (SSSR count). The Kier molecular flexibility index (Phi) is 7.33. The maximum Gasteiger partial charge on any atom is 1.00 e. The summed E-state index contributed by atoms with van der Waals surface area (Å²) >= 11 is 6.02. The summed E-state index contributed by atoms with van der Waals surface area (Å²) in [6.45, 7) is 0.198. The number of hydrogen-bond donors (Lipinski definition) is 0. The quantitative estimate of drug-likeness (QED) is 0.272. The van der Waals surface area contributed by atoms with Crippen LogP contribution < -0.4 is 56.3 Å². The number of rotatable bonds is 3. The zero-order valence-corrected chi connectivity index (χ0v) is 18.3. The molecule has 8 nitrogen and oxygen atoms in total. The van der Waals surface area contributed by atoms with Crippen LogP contribution in [0.3, 0.4) is 0 Å². The molecule has 0 fully saturated rings. The summed E-state index contributed by atoms with van der Waals surface area (Å²) in [7, 11) is -4.96. The largest absolute Gasteiger partial charge is 1.00 e. The molecule has 1 amide bonds. The van der Waals surface area contributed by atoms with Gasteiger partial charge in [0.05, 0.1) is 11.4 Å². The van der Waals surface area contributed by atoms with Gasteiger partial charge in [0, 0.05) is 29.7 Å². The van der Waals surface area contributed by atoms with Gasteiger partial charge in [-0.25, -0.2) is 0 Å². The van der Waals surface area contributed by atoms with Gasteiger partial charge < -0.3 is 9.45 Å². The van der Waals surface area contributed by atoms with E-state index in [9.17, 15) is 17.8 Å². The fourth-order valence-corrected chi connectivity index (χ4v) is 2.82. The summed E-state index contributed by atoms with van der Waals surface area (Å²) in [6.07, 6.45) is 1.71. The zero-order valence-electron chi connectivity index (χ0n) is 13.6. The van der Waals surface area contributed by atoms with Gasteiger partial charge in [0.1, 0.15) is 5.69 Å². The van der Waals surface area contributed by atoms with E-state index in [4.69, 9.17) is 11.6 Å². The Balaban J connectivity index is 0.00000243. The Morgan fingerprint density at radius 2 is 2.08 bits per heavy atom. The maximum absolute atomic E-state index is 12.7. The third-order valence-corrected chi connectivity index (χ3v) is 3.99. The first-order chi connectivity index (χ1) is 11.8. The molecule has 0 N–H and O–H groups in total. The van der Waals surface area contributed by atoms with Crippen molar-refractivity contribution in [1.82, 2.24) is 4.98 Å². The van der Waals surface area contributed by atoms with E-state index in [1.807, 2.05) is 0 Å². The van der Waals surface area contributed by atoms with Crippen molar-refractivity contribution in [3.05, 3.63) is 58.9 Å². The molecule has 0 aliphatic carbocycles. The standard InChI is InChI=1S/C15H12ClN3O5S.K/c16-10-4-5-11-12(18-24-25(21,22)23)6-8-19(14(11)9-10)15(20)13-3-1-2-7-17-13;/h1-5,7,9H,6,8H2,(H,21,22,23);/q;+1/p-1/b18-12-;. The molecule has 2 aromatic rings. The van der Waals surface area contributed by atoms with Crippen LogP contribution in [0.4, 0.5) is 5.69 Å². The molecule has 0 bridgehead atoms. The number of aromatic nitrogens is 1. The Hall–Kier alpha value is -0.854. The number of oxime groups is 1. The van der Waals surface area contributed by atoms with E-state index in [1.165, 1.54) is 11.1 Å². The molecule has 0 unspecified atom stereocenters. The van der Waals surface area contributed by atoms with Gasteiger partial charge in [0.2, 0.25) is 0 Å². The average Bonchev–Trinajstić information content (AvgIpc) is 2.59. The minimum Gasteiger partial charge on any atom is -0.714 e. The first-order valence-corrected chi connectivity index (χ1v) is 8.80. The molecule has 0 spiro atoms. The van der Waals surface area contributed by atoms with Gasteiger partial charge >= 0.3 is 51.4 Å². The fraction of sp³-hybridized carbons (Fsp3) is 0.133. The van der Waals surface area contributed by atoms with Gasteiger partial charge in [0.15, 0.2) is 0 Å². The third kappa shape index (κ3) is 5.11. The molecule has 1 aromatic carbocycles. The molecule has 0 saturated carbocycles. The van der Waals surface area contributed by atoms with Gasteiger partial charge in [-0.3, -0.25) is 14.1 Å². The Labute approximate surface area is 197 Å². The third-order valence-electron chi connectivity index (χ3n) is 3.50. The summed E-state index contributed by atoms with van der Waals surface area (Å²) in [6, 6.07) is 9.68. The molecule has 0 radical (unpaired) electrons. The van der Waals surface area contributed by atoms with E-state index in [2.05, 4.69) is 14.4 Å². The first kappa shape index (κ1) is 21.4. The van der Waals surface area contributed by atoms with Crippen LogP contribution in [0.1, 0.15) is 22.5 Å². The Morgan fingerprint density at radius 1 is 1.31 bits per heavy atom. The molecule has 2 heterocycles. The van der Waals surface area contributed by atoms with E-state index in [0.717, 1.165) is 0 Å². The van der Waals surface area contributed by atoms with Crippen LogP contribution in [-0.4, -0.2) is 36.1 Å². The topological polar surface area (TPSA) is 112 Å². The molecular formula is C15H11ClKN3O5S. The number of amides is 1. The minimum absolute atomic E-state index is 0. The molecule has 0 atom stereocenters. The summed E-state index contributed by atoms with van der Waals surface area (Å²) in [5.41, 5.74) is 1.37. The Morgan fingerprint density at radius 3 is 2.73 bits per heavy atom. The maximum atomic E-state index is 12.7. The summed E-state index contributed by atoms with van der Waals surface area (Å²) in [5.74, 6) is -0.333. The fourth-order valence-electron chi connectivity index (χ4n) is 2.47. The van der Waals surface area contributed by atoms with E-state index >= 15 is 0 Å². The van der Waals surface area contributed by atoms with Gasteiger partial charge in [-0.05, 0) is 30.3 Å². The van der Waals surface area contributed by atoms with Gasteiger partial charge in [0.25, 0.3) is 16.3 Å². The minimum atomic E-state index is -4.96. The number of hydrogen-bond acceptors (Lipinski definition) is 7. The van der Waals surface area contributed by atoms with Crippen LogP contribution in [0.2, 0.25) is 5.02 Å². The predicted molar refractivity (Wildman–Crippen MR) is 89.3 cm³/mol. The number of carbonyl (C=O) groups excluding carboxylic acids is 1. The van der Waals surface area contributed by atoms with E-state index in [0.29, 0.717) is 16.3 Å². The second-order valence-corrected chi connectivity index (χ2v) is 6.51. The second-order valence-electron chi connectivity index (χ2n) is 5.10. The number of carbonyl (C=O) groups is 1. The first-order valence-electron chi connectivity index (χ1n) is 7.09. The van der Waals surface area contributed by atoms with E-state index in [-0.39, 0.29) is 81.7 Å². The molecule has 26 heavy (non-hydrogen) atoms. The van der Waals surface area contributed by atoms with Crippen molar-refractivity contribution in [3.63, 3.8) is 0 Å². The molecule has 0 saturated heterocycles. The number of nitrogens with zero attached hydrogens (tertiary/aromatic N) is 3. The van der Waals surface area contributed by atoms with Gasteiger partial charge in [-0.2, -0.15) is 8.42 Å². The van der Waals surface area contributed by atoms with Crippen LogP contribution >= 0.6 is 11.6 Å². The molecule has 11 heteroatoms.